The van der Waals surface area contributed by atoms with E-state index in [9.17, 15) is 10.1 Å². The summed E-state index contributed by atoms with van der Waals surface area (Å²) in [4.78, 5) is 14.0. The Kier molecular flexibility index (Phi) is 4.42. The van der Waals surface area contributed by atoms with Gasteiger partial charge in [-0.25, -0.2) is 4.98 Å². The molecule has 1 aromatic heterocycles. The second-order valence-electron chi connectivity index (χ2n) is 4.20. The second-order valence-corrected chi connectivity index (χ2v) is 5.04. The molecule has 20 heavy (non-hydrogen) atoms. The van der Waals surface area contributed by atoms with E-state index in [0.29, 0.717) is 22.4 Å². The van der Waals surface area contributed by atoms with Crippen LogP contribution in [0, 0.1) is 17.0 Å². The van der Waals surface area contributed by atoms with E-state index in [1.807, 2.05) is 13.0 Å². The zero-order valence-corrected chi connectivity index (χ0v) is 12.1. The number of nitrogens with zero attached hydrogens (tertiary/aromatic N) is 2. The van der Waals surface area contributed by atoms with Crippen molar-refractivity contribution in [1.82, 2.24) is 4.98 Å². The van der Waals surface area contributed by atoms with Crippen LogP contribution in [0.3, 0.4) is 0 Å². The largest absolute Gasteiger partial charge is 0.366 e. The molecule has 0 atom stereocenters. The quantitative estimate of drug-likeness (QED) is 0.678. The first-order valence-corrected chi connectivity index (χ1v) is 6.52. The summed E-state index contributed by atoms with van der Waals surface area (Å²) in [5.41, 5.74) is 1.84. The number of rotatable bonds is 4. The van der Waals surface area contributed by atoms with Crippen LogP contribution in [0.25, 0.3) is 0 Å². The molecule has 0 spiro atoms. The van der Waals surface area contributed by atoms with Crippen LogP contribution in [0.4, 0.5) is 11.5 Å². The Bertz CT molecular complexity index is 622. The summed E-state index contributed by atoms with van der Waals surface area (Å²) < 4.78 is 0. The van der Waals surface area contributed by atoms with Crippen LogP contribution in [0.5, 0.6) is 0 Å². The van der Waals surface area contributed by atoms with Crippen molar-refractivity contribution in [3.8, 4) is 0 Å². The Labute approximate surface area is 125 Å². The van der Waals surface area contributed by atoms with Gasteiger partial charge in [-0.05, 0) is 36.2 Å². The minimum atomic E-state index is -0.489. The van der Waals surface area contributed by atoms with Gasteiger partial charge in [0.2, 0.25) is 0 Å². The number of aromatic nitrogens is 1. The number of benzene rings is 1. The predicted molar refractivity (Wildman–Crippen MR) is 79.4 cm³/mol. The summed E-state index contributed by atoms with van der Waals surface area (Å²) in [5, 5.41) is 14.8. The predicted octanol–water partition coefficient (Wildman–Crippen LogP) is 4.22. The van der Waals surface area contributed by atoms with Gasteiger partial charge in [0.25, 0.3) is 5.69 Å². The molecule has 7 heteroatoms. The molecule has 0 aliphatic rings. The molecular formula is C13H11Cl2N3O2. The number of hydrogen-bond acceptors (Lipinski definition) is 4. The van der Waals surface area contributed by atoms with Gasteiger partial charge in [0.05, 0.1) is 4.92 Å². The maximum atomic E-state index is 10.5. The van der Waals surface area contributed by atoms with Gasteiger partial charge in [0.1, 0.15) is 12.0 Å². The highest BCUT2D eigenvalue weighted by molar-refractivity contribution is 6.35. The summed E-state index contributed by atoms with van der Waals surface area (Å²) in [7, 11) is 0. The molecule has 1 heterocycles. The maximum absolute atomic E-state index is 10.5. The van der Waals surface area contributed by atoms with E-state index in [0.717, 1.165) is 11.1 Å². The second kappa shape index (κ2) is 6.07. The van der Waals surface area contributed by atoms with Gasteiger partial charge in [-0.1, -0.05) is 23.2 Å². The molecule has 0 unspecified atom stereocenters. The fourth-order valence-corrected chi connectivity index (χ4v) is 2.40. The molecule has 2 rings (SSSR count). The van der Waals surface area contributed by atoms with Gasteiger partial charge in [-0.2, -0.15) is 0 Å². The van der Waals surface area contributed by atoms with E-state index < -0.39 is 4.92 Å². The highest BCUT2D eigenvalue weighted by Gasteiger charge is 2.08. The lowest BCUT2D eigenvalue weighted by molar-refractivity contribution is -0.385. The first-order chi connectivity index (χ1) is 9.47. The maximum Gasteiger partial charge on any atom is 0.287 e. The molecule has 5 nitrogen and oxygen atoms in total. The number of nitrogens with one attached hydrogen (secondary N) is 1. The molecule has 0 bridgehead atoms. The molecule has 1 N–H and O–H groups in total. The van der Waals surface area contributed by atoms with Crippen LogP contribution in [-0.4, -0.2) is 9.91 Å². The molecule has 104 valence electrons. The fourth-order valence-electron chi connectivity index (χ4n) is 1.73. The Morgan fingerprint density at radius 1 is 1.35 bits per heavy atom. The number of halogens is 2. The highest BCUT2D eigenvalue weighted by Crippen LogP contribution is 2.25. The highest BCUT2D eigenvalue weighted by atomic mass is 35.5. The van der Waals surface area contributed by atoms with Crippen molar-refractivity contribution >= 4 is 34.7 Å². The zero-order valence-electron chi connectivity index (χ0n) is 10.6. The van der Waals surface area contributed by atoms with Gasteiger partial charge in [0, 0.05) is 22.7 Å². The Balaban J connectivity index is 2.11. The standard InChI is InChI=1S/C13H11Cl2N3O2/c1-8-4-9(14)5-12(15)11(8)7-17-13-3-2-10(6-16-13)18(19)20/h2-6H,7H2,1H3,(H,16,17). The van der Waals surface area contributed by atoms with Crippen molar-refractivity contribution in [2.75, 3.05) is 5.32 Å². The third-order valence-electron chi connectivity index (χ3n) is 2.79. The van der Waals surface area contributed by atoms with Crippen LogP contribution in [0.1, 0.15) is 11.1 Å². The van der Waals surface area contributed by atoms with Crippen LogP contribution < -0.4 is 5.32 Å². The van der Waals surface area contributed by atoms with Crippen molar-refractivity contribution in [2.45, 2.75) is 13.5 Å². The minimum Gasteiger partial charge on any atom is -0.366 e. The van der Waals surface area contributed by atoms with Crippen LogP contribution >= 0.6 is 23.2 Å². The molecule has 0 saturated carbocycles. The van der Waals surface area contributed by atoms with Crippen LogP contribution in [-0.2, 0) is 6.54 Å². The van der Waals surface area contributed by atoms with E-state index in [1.165, 1.54) is 12.3 Å². The van der Waals surface area contributed by atoms with E-state index in [-0.39, 0.29) is 5.69 Å². The zero-order chi connectivity index (χ0) is 14.7. The number of aryl methyl sites for hydroxylation is 1. The van der Waals surface area contributed by atoms with Crippen molar-refractivity contribution in [3.05, 3.63) is 61.7 Å². The third-order valence-corrected chi connectivity index (χ3v) is 3.34. The van der Waals surface area contributed by atoms with E-state index in [1.54, 1.807) is 12.1 Å². The van der Waals surface area contributed by atoms with Gasteiger partial charge >= 0.3 is 0 Å². The number of hydrogen-bond donors (Lipinski definition) is 1. The normalized spacial score (nSPS) is 10.3. The number of pyridine rings is 1. The lowest BCUT2D eigenvalue weighted by atomic mass is 10.1. The molecule has 0 amide bonds. The first-order valence-electron chi connectivity index (χ1n) is 5.76. The fraction of sp³-hybridized carbons (Fsp3) is 0.154. The van der Waals surface area contributed by atoms with Crippen molar-refractivity contribution in [2.24, 2.45) is 0 Å². The van der Waals surface area contributed by atoms with Crippen LogP contribution in [0.15, 0.2) is 30.5 Å². The van der Waals surface area contributed by atoms with E-state index >= 15 is 0 Å². The molecule has 0 aliphatic heterocycles. The topological polar surface area (TPSA) is 68.1 Å². The lowest BCUT2D eigenvalue weighted by Gasteiger charge is -2.10. The van der Waals surface area contributed by atoms with Crippen molar-refractivity contribution < 1.29 is 4.92 Å². The molecule has 1 aromatic carbocycles. The van der Waals surface area contributed by atoms with E-state index in [2.05, 4.69) is 10.3 Å². The Hall–Kier alpha value is -1.85. The summed E-state index contributed by atoms with van der Waals surface area (Å²) >= 11 is 12.0. The SMILES string of the molecule is Cc1cc(Cl)cc(Cl)c1CNc1ccc([N+](=O)[O-])cn1. The van der Waals surface area contributed by atoms with Gasteiger partial charge in [-0.15, -0.1) is 0 Å². The third kappa shape index (κ3) is 3.37. The summed E-state index contributed by atoms with van der Waals surface area (Å²) in [5.74, 6) is 0.543. The monoisotopic (exact) mass is 311 g/mol. The van der Waals surface area contributed by atoms with Gasteiger partial charge < -0.3 is 5.32 Å². The summed E-state index contributed by atoms with van der Waals surface area (Å²) in [6.45, 7) is 2.38. The lowest BCUT2D eigenvalue weighted by Crippen LogP contribution is -2.04. The molecular weight excluding hydrogens is 301 g/mol. The van der Waals surface area contributed by atoms with Crippen molar-refractivity contribution in [3.63, 3.8) is 0 Å². The number of nitro groups is 1. The Morgan fingerprint density at radius 2 is 2.10 bits per heavy atom. The average molecular weight is 312 g/mol. The van der Waals surface area contributed by atoms with E-state index in [4.69, 9.17) is 23.2 Å². The molecule has 0 fully saturated rings. The molecule has 0 aliphatic carbocycles. The Morgan fingerprint density at radius 3 is 2.65 bits per heavy atom. The molecule has 0 saturated heterocycles. The smallest absolute Gasteiger partial charge is 0.287 e. The first kappa shape index (κ1) is 14.6. The average Bonchev–Trinajstić information content (AvgIpc) is 2.38. The minimum absolute atomic E-state index is 0.0451. The van der Waals surface area contributed by atoms with Gasteiger partial charge in [-0.3, -0.25) is 10.1 Å². The number of anilines is 1. The van der Waals surface area contributed by atoms with Crippen molar-refractivity contribution in [1.29, 1.82) is 0 Å². The van der Waals surface area contributed by atoms with Gasteiger partial charge in [0.15, 0.2) is 0 Å². The summed E-state index contributed by atoms with van der Waals surface area (Å²) in [6.07, 6.45) is 1.21. The van der Waals surface area contributed by atoms with Crippen LogP contribution in [0.2, 0.25) is 10.0 Å². The molecule has 2 aromatic rings. The molecule has 0 radical (unpaired) electrons. The summed E-state index contributed by atoms with van der Waals surface area (Å²) in [6, 6.07) is 6.45.